The Kier molecular flexibility index (Phi) is 12.8. The Morgan fingerprint density at radius 2 is 0.546 bits per heavy atom. The van der Waals surface area contributed by atoms with Crippen molar-refractivity contribution < 1.29 is 53.0 Å². The highest BCUT2D eigenvalue weighted by molar-refractivity contribution is 6.27. The van der Waals surface area contributed by atoms with Crippen LogP contribution >= 0.6 is 0 Å². The number of hydrogen-bond acceptors (Lipinski definition) is 3. The average molecular weight is 1690 g/mol. The van der Waals surface area contributed by atoms with Gasteiger partial charge < -0.3 is 13.3 Å². The third-order valence-electron chi connectivity index (χ3n) is 24.8. The van der Waals surface area contributed by atoms with E-state index in [0.717, 1.165) is 98.6 Å². The molecule has 0 aliphatic rings. The monoisotopic (exact) mass is 1690 g/mol. The van der Waals surface area contributed by atoms with Crippen LogP contribution in [0.15, 0.2) is 461 Å². The maximum Gasteiger partial charge on any atom is 0.143 e. The van der Waals surface area contributed by atoms with Crippen molar-refractivity contribution >= 4 is 152 Å². The summed E-state index contributed by atoms with van der Waals surface area (Å²) in [6, 6.07) is 73.5. The summed E-state index contributed by atoms with van der Waals surface area (Å²) in [5, 5.41) is 8.91. The summed E-state index contributed by atoms with van der Waals surface area (Å²) < 4.78 is 278. The molecular formula is C127H86O3. The van der Waals surface area contributed by atoms with Gasteiger partial charge in [-0.25, -0.2) is 0 Å². The lowest BCUT2D eigenvalue weighted by molar-refractivity contribution is 0.573. The molecule has 0 atom stereocenters. The van der Waals surface area contributed by atoms with E-state index < -0.39 is 132 Å². The van der Waals surface area contributed by atoms with Gasteiger partial charge in [0.15, 0.2) is 0 Å². The van der Waals surface area contributed by atoms with Gasteiger partial charge in [-0.2, -0.15) is 0 Å². The molecule has 3 aromatic heterocycles. The van der Waals surface area contributed by atoms with E-state index in [4.69, 9.17) is 42.0 Å². The van der Waals surface area contributed by atoms with E-state index in [1.165, 1.54) is 0 Å². The second-order valence-corrected chi connectivity index (χ2v) is 33.3. The molecule has 612 valence electrons. The number of para-hydroxylation sites is 3. The normalized spacial score (nSPS) is 15.0. The summed E-state index contributed by atoms with van der Waals surface area (Å²) in [6.45, 7) is 8.16. The lowest BCUT2D eigenvalue weighted by Crippen LogP contribution is -2.10. The topological polar surface area (TPSA) is 39.4 Å². The van der Waals surface area contributed by atoms with Gasteiger partial charge in [-0.1, -0.05) is 420 Å². The number of rotatable bonds is 9. The summed E-state index contributed by atoms with van der Waals surface area (Å²) >= 11 is 0. The standard InChI is InChI=1S/C54H34O.C37H24O.C36H28O/c1-3-15-35(16-4-1)38-29-31-41(36-17-5-2-6-18-36)49(33-38)47-27-14-28-48-50-34-39(30-32-51(50)55-54(47)48)52-43-22-9-11-24-45(43)53(46-25-12-10-23-44(46)52)42-26-13-20-37-19-7-8-21-40(37)42;1-23-9-8-16-32-33-22-27(19-20-34(33)38-37(23)32)36-30-14-6-4-12-28(30)35(29-13-5-7-15-31(29)36)26-18-17-24-10-2-3-11-25(24)21-26;1-36(2,3)31-19-11-18-29-30-22-24(20-21-32(30)37-35(29)31)34-27-16-9-7-14-25(27)33(23-12-5-4-6-13-23)26-15-8-10-17-28(26)34/h1-34H;2-22H,1H3;4-22H,1-3H3/i9D,10D,11D,12D,22D,23D,24D,25D;4D,5D,6D,7D,12D,13D,14D,15D;4D,5D,6D,7D,8D,9D,10D,12D,13D,14D,15D,16D,17D. The van der Waals surface area contributed by atoms with E-state index in [0.29, 0.717) is 77.8 Å². The first kappa shape index (κ1) is 52.5. The van der Waals surface area contributed by atoms with Gasteiger partial charge in [0.1, 0.15) is 33.5 Å². The molecule has 3 nitrogen and oxygen atoms in total. The highest BCUT2D eigenvalue weighted by Gasteiger charge is 2.27. The molecule has 0 aliphatic heterocycles. The van der Waals surface area contributed by atoms with Crippen molar-refractivity contribution in [1.82, 2.24) is 0 Å². The molecule has 3 heteroatoms. The molecule has 0 aliphatic carbocycles. The Morgan fingerprint density at radius 3 is 1.05 bits per heavy atom. The van der Waals surface area contributed by atoms with Gasteiger partial charge in [0.2, 0.25) is 0 Å². The van der Waals surface area contributed by atoms with Gasteiger partial charge in [0.25, 0.3) is 0 Å². The van der Waals surface area contributed by atoms with Crippen molar-refractivity contribution in [3.63, 3.8) is 0 Å². The fourth-order valence-corrected chi connectivity index (χ4v) is 19.0. The van der Waals surface area contributed by atoms with Gasteiger partial charge in [-0.15, -0.1) is 0 Å². The van der Waals surface area contributed by atoms with Crippen LogP contribution in [0.3, 0.4) is 0 Å². The van der Waals surface area contributed by atoms with Crippen LogP contribution in [0.4, 0.5) is 0 Å². The van der Waals surface area contributed by atoms with E-state index in [2.05, 4.69) is 69.3 Å². The highest BCUT2D eigenvalue weighted by atomic mass is 16.3. The average Bonchev–Trinajstić information content (AvgIpc) is 1.18. The SMILES string of the molecule is [2H]c1c([2H])c([2H])c(-c2c3c([2H])c([2H])c([2H])c([2H])c3c(-c3ccc4oc5c(C(C)(C)C)cccc5c4c3)c3c([2H])c([2H])c([2H])c([2H])c23)c([2H])c1[2H].[2H]c1c([2H])c([2H])c2c(-c3ccc4oc5c(C)cccc5c4c3)c3c([2H])c([2H])c([2H])c([2H])c3c(-c3ccc4ccccc4c3)c2c1[2H].[2H]c1c([2H])c([2H])c2c(-c3cccc4ccccc34)c3c([2H])c([2H])c([2H])c([2H])c3c(-c3ccc4oc5c(-c6cc(-c7ccccc7)ccc6-c6ccccc6)cccc5c4c3)c2c1[2H]. The van der Waals surface area contributed by atoms with Gasteiger partial charge in [0, 0.05) is 43.4 Å². The molecule has 130 heavy (non-hydrogen) atoms. The van der Waals surface area contributed by atoms with Crippen LogP contribution in [0.25, 0.3) is 252 Å². The molecule has 0 unspecified atom stereocenters. The Morgan fingerprint density at radius 1 is 0.192 bits per heavy atom. The second-order valence-electron chi connectivity index (χ2n) is 33.3. The van der Waals surface area contributed by atoms with E-state index in [-0.39, 0.29) is 135 Å². The van der Waals surface area contributed by atoms with Crippen LogP contribution in [0.2, 0.25) is 0 Å². The van der Waals surface area contributed by atoms with Crippen LogP contribution in [0, 0.1) is 6.92 Å². The van der Waals surface area contributed by atoms with Gasteiger partial charge in [-0.3, -0.25) is 0 Å². The number of furan rings is 3. The van der Waals surface area contributed by atoms with Crippen LogP contribution in [0.5, 0.6) is 0 Å². The number of benzene rings is 23. The van der Waals surface area contributed by atoms with E-state index in [1.807, 2.05) is 201 Å². The van der Waals surface area contributed by atoms with Crippen LogP contribution in [-0.4, -0.2) is 0 Å². The highest BCUT2D eigenvalue weighted by Crippen LogP contribution is 2.52. The third kappa shape index (κ3) is 13.1. The largest absolute Gasteiger partial charge is 0.456 e. The molecule has 0 saturated carbocycles. The fraction of sp³-hybridized carbons (Fsp3) is 0.0394. The van der Waals surface area contributed by atoms with Crippen molar-refractivity contribution in [3.05, 3.63) is 459 Å². The van der Waals surface area contributed by atoms with E-state index in [1.54, 1.807) is 30.3 Å². The maximum atomic E-state index is 9.49. The summed E-state index contributed by atoms with van der Waals surface area (Å²) in [7, 11) is 0. The van der Waals surface area contributed by atoms with Gasteiger partial charge in [-0.05, 0) is 247 Å². The summed E-state index contributed by atoms with van der Waals surface area (Å²) in [5.74, 6) is 0. The minimum atomic E-state index is -0.708. The number of aryl methyl sites for hydroxylation is 1. The minimum Gasteiger partial charge on any atom is -0.456 e. The molecule has 0 spiro atoms. The first-order valence-corrected chi connectivity index (χ1v) is 42.6. The minimum absolute atomic E-state index is 0.0772. The lowest BCUT2D eigenvalue weighted by Gasteiger charge is -2.18. The zero-order valence-electron chi connectivity index (χ0n) is 99.2. The maximum absolute atomic E-state index is 9.49. The Balaban J connectivity index is 0.000000127. The Labute approximate surface area is 794 Å². The summed E-state index contributed by atoms with van der Waals surface area (Å²) in [6.07, 6.45) is 0. The first-order chi connectivity index (χ1) is 76.1. The van der Waals surface area contributed by atoms with Crippen molar-refractivity contribution in [3.8, 4) is 100 Å². The van der Waals surface area contributed by atoms with Gasteiger partial charge in [0.05, 0.1) is 39.8 Å². The lowest BCUT2D eigenvalue weighted by atomic mass is 9.84. The van der Waals surface area contributed by atoms with E-state index in [9.17, 15) is 11.0 Å². The molecule has 26 rings (SSSR count). The summed E-state index contributed by atoms with van der Waals surface area (Å²) in [4.78, 5) is 0. The van der Waals surface area contributed by atoms with E-state index >= 15 is 0 Å². The zero-order chi connectivity index (χ0) is 112. The molecule has 0 saturated heterocycles. The van der Waals surface area contributed by atoms with Crippen LogP contribution in [-0.2, 0) is 5.41 Å². The molecule has 0 amide bonds. The molecule has 0 radical (unpaired) electrons. The third-order valence-corrected chi connectivity index (χ3v) is 24.8. The van der Waals surface area contributed by atoms with Crippen molar-refractivity contribution in [1.29, 1.82) is 0 Å². The quantitative estimate of drug-likeness (QED) is 0.135. The molecule has 0 fully saturated rings. The van der Waals surface area contributed by atoms with Crippen LogP contribution in [0.1, 0.15) is 71.7 Å². The Hall–Kier alpha value is -16.5. The molecule has 0 N–H and O–H groups in total. The first-order valence-electron chi connectivity index (χ1n) is 57.1. The molecule has 3 heterocycles. The van der Waals surface area contributed by atoms with Crippen LogP contribution < -0.4 is 0 Å². The predicted molar refractivity (Wildman–Crippen MR) is 554 cm³/mol. The second kappa shape index (κ2) is 31.6. The summed E-state index contributed by atoms with van der Waals surface area (Å²) in [5.41, 5.74) is 14.8. The van der Waals surface area contributed by atoms with Crippen molar-refractivity contribution in [2.45, 2.75) is 33.1 Å². The number of hydrogen-bond donors (Lipinski definition) is 0. The van der Waals surface area contributed by atoms with Gasteiger partial charge >= 0.3 is 0 Å². The fourth-order valence-electron chi connectivity index (χ4n) is 19.0. The molecule has 0 bridgehead atoms. The zero-order valence-corrected chi connectivity index (χ0v) is 70.2. The van der Waals surface area contributed by atoms with Crippen molar-refractivity contribution in [2.24, 2.45) is 0 Å². The number of fused-ring (bicyclic) bond motifs is 17. The molecule has 23 aromatic carbocycles. The smallest absolute Gasteiger partial charge is 0.143 e. The van der Waals surface area contributed by atoms with Crippen molar-refractivity contribution in [2.75, 3.05) is 0 Å². The Bertz CT molecular complexity index is 10700. The molecular weight excluding hydrogens is 1570 g/mol. The predicted octanol–water partition coefficient (Wildman–Crippen LogP) is 36.6. The molecule has 26 aromatic rings.